The smallest absolute Gasteiger partial charge is 0.279 e. The van der Waals surface area contributed by atoms with Gasteiger partial charge in [-0.05, 0) is 6.42 Å². The van der Waals surface area contributed by atoms with Gasteiger partial charge in [0.2, 0.25) is 0 Å². The van der Waals surface area contributed by atoms with E-state index in [0.29, 0.717) is 10.8 Å². The van der Waals surface area contributed by atoms with Crippen LogP contribution in [-0.4, -0.2) is 0 Å². The zero-order valence-corrected chi connectivity index (χ0v) is 9.62. The Bertz CT molecular complexity index is 304. The SMILES string of the molecule is CCCCC(C)(C)c1oc(F)cc1Cl. The monoisotopic (exact) mass is 218 g/mol. The lowest BCUT2D eigenvalue weighted by atomic mass is 9.85. The van der Waals surface area contributed by atoms with Crippen molar-refractivity contribution < 1.29 is 8.81 Å². The first-order valence-electron chi connectivity index (χ1n) is 4.92. The molecule has 0 aliphatic carbocycles. The Morgan fingerprint density at radius 2 is 2.14 bits per heavy atom. The van der Waals surface area contributed by atoms with E-state index in [0.717, 1.165) is 19.3 Å². The number of unbranched alkanes of at least 4 members (excludes halogenated alkanes) is 1. The van der Waals surface area contributed by atoms with Crippen molar-refractivity contribution in [3.8, 4) is 0 Å². The van der Waals surface area contributed by atoms with Gasteiger partial charge in [0, 0.05) is 11.5 Å². The van der Waals surface area contributed by atoms with Gasteiger partial charge in [0.25, 0.3) is 6.01 Å². The standard InChI is InChI=1S/C11H16ClFO/c1-4-5-6-11(2,3)10-8(12)7-9(13)14-10/h7H,4-6H2,1-3H3. The van der Waals surface area contributed by atoms with E-state index in [1.54, 1.807) is 0 Å². The normalized spacial score (nSPS) is 12.1. The number of halogens is 2. The Labute approximate surface area is 89.2 Å². The Hall–Kier alpha value is -0.500. The summed E-state index contributed by atoms with van der Waals surface area (Å²) in [6.45, 7) is 6.17. The third kappa shape index (κ3) is 2.50. The summed E-state index contributed by atoms with van der Waals surface area (Å²) in [6, 6.07) is 0.625. The quantitative estimate of drug-likeness (QED) is 0.723. The molecule has 0 amide bonds. The van der Waals surface area contributed by atoms with Gasteiger partial charge in [0.1, 0.15) is 5.76 Å². The predicted molar refractivity (Wildman–Crippen MR) is 56.2 cm³/mol. The molecule has 80 valence electrons. The average Bonchev–Trinajstić information content (AvgIpc) is 2.42. The molecule has 0 unspecified atom stereocenters. The van der Waals surface area contributed by atoms with Crippen molar-refractivity contribution in [1.82, 2.24) is 0 Å². The fourth-order valence-corrected chi connectivity index (χ4v) is 1.91. The van der Waals surface area contributed by atoms with Gasteiger partial charge in [0.15, 0.2) is 0 Å². The van der Waals surface area contributed by atoms with E-state index in [2.05, 4.69) is 6.92 Å². The van der Waals surface area contributed by atoms with Crippen molar-refractivity contribution in [2.24, 2.45) is 0 Å². The van der Waals surface area contributed by atoms with E-state index >= 15 is 0 Å². The lowest BCUT2D eigenvalue weighted by Crippen LogP contribution is -2.16. The summed E-state index contributed by atoms with van der Waals surface area (Å²) >= 11 is 5.87. The third-order valence-electron chi connectivity index (χ3n) is 2.43. The van der Waals surface area contributed by atoms with Crippen LogP contribution in [0.1, 0.15) is 45.8 Å². The third-order valence-corrected chi connectivity index (χ3v) is 2.71. The van der Waals surface area contributed by atoms with Crippen LogP contribution >= 0.6 is 11.6 Å². The lowest BCUT2D eigenvalue weighted by molar-refractivity contribution is 0.284. The molecule has 0 atom stereocenters. The summed E-state index contributed by atoms with van der Waals surface area (Å²) in [7, 11) is 0. The summed E-state index contributed by atoms with van der Waals surface area (Å²) in [6.07, 6.45) is 3.16. The maximum atomic E-state index is 12.8. The minimum absolute atomic E-state index is 0.183. The highest BCUT2D eigenvalue weighted by molar-refractivity contribution is 6.31. The first kappa shape index (κ1) is 11.6. The second-order valence-corrected chi connectivity index (χ2v) is 4.62. The van der Waals surface area contributed by atoms with Gasteiger partial charge >= 0.3 is 0 Å². The summed E-state index contributed by atoms with van der Waals surface area (Å²) < 4.78 is 17.8. The van der Waals surface area contributed by atoms with Crippen molar-refractivity contribution in [3.05, 3.63) is 22.9 Å². The van der Waals surface area contributed by atoms with Crippen molar-refractivity contribution in [2.75, 3.05) is 0 Å². The maximum Gasteiger partial charge on any atom is 0.279 e. The molecule has 0 aliphatic heterocycles. The van der Waals surface area contributed by atoms with Crippen LogP contribution in [0, 0.1) is 6.01 Å². The molecule has 0 bridgehead atoms. The molecule has 1 nitrogen and oxygen atoms in total. The van der Waals surface area contributed by atoms with E-state index < -0.39 is 6.01 Å². The number of furan rings is 1. The molecule has 0 N–H and O–H groups in total. The van der Waals surface area contributed by atoms with Crippen molar-refractivity contribution >= 4 is 11.6 Å². The van der Waals surface area contributed by atoms with Crippen LogP contribution in [0.15, 0.2) is 10.5 Å². The highest BCUT2D eigenvalue weighted by Gasteiger charge is 2.27. The number of hydrogen-bond donors (Lipinski definition) is 0. The topological polar surface area (TPSA) is 13.1 Å². The fraction of sp³-hybridized carbons (Fsp3) is 0.636. The Kier molecular flexibility index (Phi) is 3.59. The molecule has 0 radical (unpaired) electrons. The first-order valence-corrected chi connectivity index (χ1v) is 5.30. The number of hydrogen-bond acceptors (Lipinski definition) is 1. The summed E-state index contributed by atoms with van der Waals surface area (Å²) in [5.41, 5.74) is -0.183. The van der Waals surface area contributed by atoms with E-state index in [1.165, 1.54) is 6.07 Å². The molecule has 0 aromatic carbocycles. The molecule has 1 rings (SSSR count). The van der Waals surface area contributed by atoms with Crippen LogP contribution in [0.4, 0.5) is 4.39 Å². The van der Waals surface area contributed by atoms with Gasteiger partial charge < -0.3 is 4.42 Å². The van der Waals surface area contributed by atoms with Crippen molar-refractivity contribution in [3.63, 3.8) is 0 Å². The Balaban J connectivity index is 2.85. The summed E-state index contributed by atoms with van der Waals surface area (Å²) in [5, 5.41) is 0.392. The van der Waals surface area contributed by atoms with Gasteiger partial charge in [0.05, 0.1) is 5.02 Å². The minimum atomic E-state index is -0.602. The fourth-order valence-electron chi connectivity index (χ4n) is 1.53. The molecule has 0 fully saturated rings. The molecule has 1 heterocycles. The average molecular weight is 219 g/mol. The second kappa shape index (κ2) is 4.35. The van der Waals surface area contributed by atoms with Crippen molar-refractivity contribution in [2.45, 2.75) is 45.4 Å². The minimum Gasteiger partial charge on any atom is -0.434 e. The highest BCUT2D eigenvalue weighted by Crippen LogP contribution is 2.35. The van der Waals surface area contributed by atoms with Gasteiger partial charge in [-0.1, -0.05) is 45.2 Å². The molecular weight excluding hydrogens is 203 g/mol. The molecule has 1 aromatic heterocycles. The van der Waals surface area contributed by atoms with E-state index in [4.69, 9.17) is 16.0 Å². The lowest BCUT2D eigenvalue weighted by Gasteiger charge is -2.21. The second-order valence-electron chi connectivity index (χ2n) is 4.22. The van der Waals surface area contributed by atoms with Crippen LogP contribution in [0.25, 0.3) is 0 Å². The molecule has 0 aliphatic rings. The Morgan fingerprint density at radius 3 is 2.57 bits per heavy atom. The van der Waals surface area contributed by atoms with Gasteiger partial charge in [-0.15, -0.1) is 0 Å². The molecule has 0 spiro atoms. The first-order chi connectivity index (χ1) is 6.47. The molecule has 14 heavy (non-hydrogen) atoms. The van der Waals surface area contributed by atoms with Crippen LogP contribution in [0.2, 0.25) is 5.02 Å². The largest absolute Gasteiger partial charge is 0.434 e. The zero-order chi connectivity index (χ0) is 10.8. The predicted octanol–water partition coefficient (Wildman–Crippen LogP) is 4.54. The van der Waals surface area contributed by atoms with E-state index in [9.17, 15) is 4.39 Å². The summed E-state index contributed by atoms with van der Waals surface area (Å²) in [5.74, 6) is 0.560. The van der Waals surface area contributed by atoms with Gasteiger partial charge in [-0.2, -0.15) is 4.39 Å². The van der Waals surface area contributed by atoms with Gasteiger partial charge in [-0.3, -0.25) is 0 Å². The molecule has 0 saturated carbocycles. The highest BCUT2D eigenvalue weighted by atomic mass is 35.5. The van der Waals surface area contributed by atoms with Crippen LogP contribution < -0.4 is 0 Å². The van der Waals surface area contributed by atoms with Crippen LogP contribution in [0.3, 0.4) is 0 Å². The van der Waals surface area contributed by atoms with Crippen molar-refractivity contribution in [1.29, 1.82) is 0 Å². The molecular formula is C11H16ClFO. The van der Waals surface area contributed by atoms with E-state index in [-0.39, 0.29) is 5.41 Å². The molecule has 3 heteroatoms. The van der Waals surface area contributed by atoms with E-state index in [1.807, 2.05) is 13.8 Å². The number of rotatable bonds is 4. The maximum absolute atomic E-state index is 12.8. The summed E-state index contributed by atoms with van der Waals surface area (Å²) in [4.78, 5) is 0. The van der Waals surface area contributed by atoms with Gasteiger partial charge in [-0.25, -0.2) is 0 Å². The Morgan fingerprint density at radius 1 is 1.50 bits per heavy atom. The molecule has 0 saturated heterocycles. The zero-order valence-electron chi connectivity index (χ0n) is 8.86. The van der Waals surface area contributed by atoms with Crippen LogP contribution in [-0.2, 0) is 5.41 Å². The molecule has 1 aromatic rings. The van der Waals surface area contributed by atoms with Crippen LogP contribution in [0.5, 0.6) is 0 Å².